The Balaban J connectivity index is 1.52. The zero-order chi connectivity index (χ0) is 25.0. The summed E-state index contributed by atoms with van der Waals surface area (Å²) in [5.74, 6) is -0.0703. The average Bonchev–Trinajstić information content (AvgIpc) is 3.41. The van der Waals surface area contributed by atoms with Gasteiger partial charge in [0.25, 0.3) is 0 Å². The minimum absolute atomic E-state index is 0.0703. The molecule has 3 aromatic carbocycles. The van der Waals surface area contributed by atoms with Crippen molar-refractivity contribution in [1.82, 2.24) is 13.4 Å². The van der Waals surface area contributed by atoms with E-state index in [1.54, 1.807) is 16.4 Å². The smallest absolute Gasteiger partial charge is 0.243 e. The Morgan fingerprint density at radius 1 is 0.778 bits per heavy atom. The lowest BCUT2D eigenvalue weighted by Gasteiger charge is -2.31. The number of aryl methyl sites for hydroxylation is 3. The van der Waals surface area contributed by atoms with Crippen LogP contribution in [-0.2, 0) is 24.1 Å². The predicted molar refractivity (Wildman–Crippen MR) is 146 cm³/mol. The Hall–Kier alpha value is -3.61. The fraction of sp³-hybridized carbons (Fsp3) is 0.200. The van der Waals surface area contributed by atoms with E-state index in [4.69, 9.17) is 0 Å². The summed E-state index contributed by atoms with van der Waals surface area (Å²) in [7, 11) is 0.412. The molecule has 6 heteroatoms. The normalized spacial score (nSPS) is 17.1. The first-order valence-electron chi connectivity index (χ1n) is 12.2. The van der Waals surface area contributed by atoms with Gasteiger partial charge in [0.1, 0.15) is 0 Å². The van der Waals surface area contributed by atoms with Crippen LogP contribution in [0.3, 0.4) is 0 Å². The molecule has 3 heterocycles. The molecular weight excluding hydrogens is 466 g/mol. The van der Waals surface area contributed by atoms with Crippen molar-refractivity contribution in [2.45, 2.75) is 17.7 Å². The summed E-state index contributed by atoms with van der Waals surface area (Å²) in [6.45, 7) is 2.71. The van der Waals surface area contributed by atoms with Crippen molar-refractivity contribution < 1.29 is 8.42 Å². The van der Waals surface area contributed by atoms with Crippen molar-refractivity contribution in [1.29, 1.82) is 0 Å². The molecule has 182 valence electrons. The molecular formula is C30H29N3O2S. The van der Waals surface area contributed by atoms with Crippen LogP contribution >= 0.6 is 0 Å². The van der Waals surface area contributed by atoms with E-state index < -0.39 is 10.0 Å². The van der Waals surface area contributed by atoms with Crippen LogP contribution < -0.4 is 0 Å². The largest absolute Gasteiger partial charge is 0.350 e. The monoisotopic (exact) mass is 495 g/mol. The van der Waals surface area contributed by atoms with Gasteiger partial charge in [-0.05, 0) is 42.3 Å². The van der Waals surface area contributed by atoms with Crippen LogP contribution in [0.2, 0.25) is 0 Å². The Kier molecular flexibility index (Phi) is 5.39. The van der Waals surface area contributed by atoms with Crippen molar-refractivity contribution in [2.75, 3.05) is 13.1 Å². The molecule has 5 nitrogen and oxygen atoms in total. The summed E-state index contributed by atoms with van der Waals surface area (Å²) >= 11 is 0. The zero-order valence-electron chi connectivity index (χ0n) is 20.7. The third-order valence-corrected chi connectivity index (χ3v) is 9.20. The van der Waals surface area contributed by atoms with E-state index in [1.807, 2.05) is 57.4 Å². The second kappa shape index (κ2) is 8.50. The summed E-state index contributed by atoms with van der Waals surface area (Å²) in [6.07, 6.45) is 6.55. The fourth-order valence-electron chi connectivity index (χ4n) is 5.49. The summed E-state index contributed by atoms with van der Waals surface area (Å²) in [5.41, 5.74) is 6.58. The van der Waals surface area contributed by atoms with Crippen LogP contribution in [0.25, 0.3) is 27.4 Å². The van der Waals surface area contributed by atoms with Gasteiger partial charge in [0, 0.05) is 72.9 Å². The van der Waals surface area contributed by atoms with Gasteiger partial charge in [0.05, 0.1) is 4.90 Å². The van der Waals surface area contributed by atoms with Gasteiger partial charge in [-0.25, -0.2) is 8.42 Å². The molecule has 0 fully saturated rings. The summed E-state index contributed by atoms with van der Waals surface area (Å²) < 4.78 is 33.7. The first-order valence-corrected chi connectivity index (χ1v) is 13.6. The lowest BCUT2D eigenvalue weighted by atomic mass is 9.90. The van der Waals surface area contributed by atoms with E-state index in [9.17, 15) is 8.42 Å². The molecule has 0 unspecified atom stereocenters. The Bertz CT molecular complexity index is 1740. The highest BCUT2D eigenvalue weighted by Crippen LogP contribution is 2.38. The minimum atomic E-state index is -3.67. The maximum Gasteiger partial charge on any atom is 0.243 e. The van der Waals surface area contributed by atoms with Gasteiger partial charge in [-0.15, -0.1) is 0 Å². The lowest BCUT2D eigenvalue weighted by Crippen LogP contribution is -2.38. The van der Waals surface area contributed by atoms with Crippen molar-refractivity contribution in [2.24, 2.45) is 14.1 Å². The molecule has 0 saturated carbocycles. The number of nitrogens with zero attached hydrogens (tertiary/aromatic N) is 3. The van der Waals surface area contributed by atoms with Crippen LogP contribution in [0.5, 0.6) is 0 Å². The molecule has 0 amide bonds. The van der Waals surface area contributed by atoms with E-state index >= 15 is 0 Å². The molecule has 2 aromatic heterocycles. The van der Waals surface area contributed by atoms with E-state index in [0.717, 1.165) is 44.1 Å². The number of sulfonamides is 1. The molecule has 1 atom stereocenters. The Morgan fingerprint density at radius 2 is 1.39 bits per heavy atom. The van der Waals surface area contributed by atoms with Crippen LogP contribution in [-0.4, -0.2) is 34.9 Å². The van der Waals surface area contributed by atoms with E-state index in [-0.39, 0.29) is 5.92 Å². The van der Waals surface area contributed by atoms with Crippen LogP contribution in [0, 0.1) is 6.92 Å². The molecule has 0 saturated heterocycles. The molecule has 1 aliphatic heterocycles. The molecule has 0 spiro atoms. The maximum atomic E-state index is 13.9. The first kappa shape index (κ1) is 22.8. The van der Waals surface area contributed by atoms with Crippen molar-refractivity contribution in [3.05, 3.63) is 108 Å². The molecule has 6 rings (SSSR count). The highest BCUT2D eigenvalue weighted by Gasteiger charge is 2.33. The zero-order valence-corrected chi connectivity index (χ0v) is 21.5. The minimum Gasteiger partial charge on any atom is -0.350 e. The number of para-hydroxylation sites is 2. The van der Waals surface area contributed by atoms with Gasteiger partial charge in [-0.1, -0.05) is 60.2 Å². The predicted octanol–water partition coefficient (Wildman–Crippen LogP) is 5.85. The summed E-state index contributed by atoms with van der Waals surface area (Å²) in [6, 6.07) is 23.8. The SMILES string of the molecule is Cc1ccc(S(=O)(=O)N2CC(c3cn(C)c4ccccc34)=C[C@@H](c3cn(C)c4ccccc34)C2)cc1. The third-order valence-electron chi connectivity index (χ3n) is 7.38. The molecule has 1 aliphatic rings. The van der Waals surface area contributed by atoms with Gasteiger partial charge in [-0.3, -0.25) is 0 Å². The topological polar surface area (TPSA) is 47.2 Å². The Labute approximate surface area is 211 Å². The number of aromatic nitrogens is 2. The van der Waals surface area contributed by atoms with Gasteiger partial charge < -0.3 is 9.13 Å². The van der Waals surface area contributed by atoms with Crippen molar-refractivity contribution >= 4 is 37.4 Å². The molecule has 5 aromatic rings. The number of fused-ring (bicyclic) bond motifs is 2. The van der Waals surface area contributed by atoms with Gasteiger partial charge in [-0.2, -0.15) is 4.31 Å². The number of hydrogen-bond acceptors (Lipinski definition) is 2. The Morgan fingerprint density at radius 3 is 2.11 bits per heavy atom. The highest BCUT2D eigenvalue weighted by molar-refractivity contribution is 7.89. The maximum absolute atomic E-state index is 13.9. The van der Waals surface area contributed by atoms with E-state index in [2.05, 4.69) is 51.9 Å². The fourth-order valence-corrected chi connectivity index (χ4v) is 6.94. The molecule has 0 bridgehead atoms. The second-order valence-electron chi connectivity index (χ2n) is 9.79. The van der Waals surface area contributed by atoms with Gasteiger partial charge in [0.15, 0.2) is 0 Å². The van der Waals surface area contributed by atoms with Crippen LogP contribution in [0.1, 0.15) is 22.6 Å². The molecule has 0 N–H and O–H groups in total. The molecule has 36 heavy (non-hydrogen) atoms. The first-order chi connectivity index (χ1) is 17.3. The standard InChI is InChI=1S/C30H29N3O2S/c1-21-12-14-24(15-13-21)36(34,35)33-17-22(27-19-31(2)29-10-6-4-8-25(27)29)16-23(18-33)28-20-32(3)30-11-7-5-9-26(28)30/h4-16,19-20,22H,17-18H2,1-3H3/t22-/m1/s1. The quantitative estimate of drug-likeness (QED) is 0.314. The second-order valence-corrected chi connectivity index (χ2v) is 11.7. The van der Waals surface area contributed by atoms with E-state index in [0.29, 0.717) is 18.0 Å². The number of benzene rings is 3. The van der Waals surface area contributed by atoms with Gasteiger partial charge in [0.2, 0.25) is 10.0 Å². The number of rotatable bonds is 4. The number of hydrogen-bond donors (Lipinski definition) is 0. The lowest BCUT2D eigenvalue weighted by molar-refractivity contribution is 0.424. The van der Waals surface area contributed by atoms with Crippen LogP contribution in [0.15, 0.2) is 96.2 Å². The van der Waals surface area contributed by atoms with Crippen molar-refractivity contribution in [3.8, 4) is 0 Å². The molecule has 0 radical (unpaired) electrons. The third kappa shape index (κ3) is 3.69. The van der Waals surface area contributed by atoms with E-state index in [1.165, 1.54) is 0 Å². The summed E-state index contributed by atoms with van der Waals surface area (Å²) in [4.78, 5) is 0.337. The van der Waals surface area contributed by atoms with Crippen LogP contribution in [0.4, 0.5) is 0 Å². The summed E-state index contributed by atoms with van der Waals surface area (Å²) in [5, 5.41) is 2.30. The average molecular weight is 496 g/mol. The van der Waals surface area contributed by atoms with Gasteiger partial charge >= 0.3 is 0 Å². The highest BCUT2D eigenvalue weighted by atomic mass is 32.2. The van der Waals surface area contributed by atoms with Crippen molar-refractivity contribution in [3.63, 3.8) is 0 Å². The molecule has 0 aliphatic carbocycles.